The van der Waals surface area contributed by atoms with Crippen LogP contribution < -0.4 is 14.8 Å². The van der Waals surface area contributed by atoms with Gasteiger partial charge in [0.15, 0.2) is 0 Å². The first-order chi connectivity index (χ1) is 13.0. The molecule has 1 heterocycles. The van der Waals surface area contributed by atoms with Crippen molar-refractivity contribution in [3.63, 3.8) is 0 Å². The van der Waals surface area contributed by atoms with E-state index in [-0.39, 0.29) is 4.90 Å². The van der Waals surface area contributed by atoms with Crippen molar-refractivity contribution in [2.45, 2.75) is 18.7 Å². The van der Waals surface area contributed by atoms with Gasteiger partial charge in [-0.15, -0.1) is 0 Å². The van der Waals surface area contributed by atoms with Crippen molar-refractivity contribution in [2.75, 3.05) is 16.6 Å². The Kier molecular flexibility index (Phi) is 5.56. The van der Waals surface area contributed by atoms with Crippen LogP contribution in [0.4, 0.5) is 17.1 Å². The molecule has 0 saturated heterocycles. The van der Waals surface area contributed by atoms with E-state index in [0.29, 0.717) is 29.4 Å². The van der Waals surface area contributed by atoms with Gasteiger partial charge in [0.2, 0.25) is 0 Å². The van der Waals surface area contributed by atoms with E-state index in [9.17, 15) is 8.42 Å². The Morgan fingerprint density at radius 1 is 1.07 bits per heavy atom. The summed E-state index contributed by atoms with van der Waals surface area (Å²) in [7, 11) is -3.75. The molecule has 0 fully saturated rings. The summed E-state index contributed by atoms with van der Waals surface area (Å²) in [6, 6.07) is 13.5. The molecule has 3 aromatic rings. The van der Waals surface area contributed by atoms with E-state index in [0.717, 1.165) is 5.56 Å². The van der Waals surface area contributed by atoms with Gasteiger partial charge in [0.1, 0.15) is 5.75 Å². The number of rotatable bonds is 7. The van der Waals surface area contributed by atoms with Crippen LogP contribution in [-0.4, -0.2) is 25.2 Å². The maximum absolute atomic E-state index is 12.8. The van der Waals surface area contributed by atoms with Crippen LogP contribution in [0.1, 0.15) is 12.5 Å². The molecule has 0 spiro atoms. The van der Waals surface area contributed by atoms with E-state index < -0.39 is 10.0 Å². The number of aromatic nitrogens is 2. The zero-order chi connectivity index (χ0) is 19.3. The summed E-state index contributed by atoms with van der Waals surface area (Å²) >= 11 is 0. The normalized spacial score (nSPS) is 11.0. The fourth-order valence-corrected chi connectivity index (χ4v) is 3.65. The minimum atomic E-state index is -3.75. The molecule has 0 saturated carbocycles. The SMILES string of the molecule is CCOc1cc(C)c(Nc2ccnnc2)c(NS(=O)(=O)c2ccccc2)c1. The third-order valence-electron chi connectivity index (χ3n) is 3.77. The number of anilines is 3. The first-order valence-electron chi connectivity index (χ1n) is 8.38. The molecule has 0 atom stereocenters. The van der Waals surface area contributed by atoms with Crippen molar-refractivity contribution in [1.82, 2.24) is 10.2 Å². The minimum absolute atomic E-state index is 0.181. The average molecular weight is 384 g/mol. The third-order valence-corrected chi connectivity index (χ3v) is 5.15. The van der Waals surface area contributed by atoms with Gasteiger partial charge in [-0.2, -0.15) is 10.2 Å². The molecule has 0 amide bonds. The van der Waals surface area contributed by atoms with Gasteiger partial charge in [-0.3, -0.25) is 4.72 Å². The molecule has 0 unspecified atom stereocenters. The second-order valence-corrected chi connectivity index (χ2v) is 7.45. The van der Waals surface area contributed by atoms with Gasteiger partial charge in [-0.1, -0.05) is 18.2 Å². The molecule has 1 aromatic heterocycles. The van der Waals surface area contributed by atoms with Gasteiger partial charge in [0.05, 0.1) is 41.0 Å². The molecular weight excluding hydrogens is 364 g/mol. The first-order valence-corrected chi connectivity index (χ1v) is 9.87. The highest BCUT2D eigenvalue weighted by Gasteiger charge is 2.18. The average Bonchev–Trinajstić information content (AvgIpc) is 2.66. The standard InChI is InChI=1S/C19H20N4O3S/c1-3-26-16-11-14(2)19(22-15-9-10-20-21-13-15)18(12-16)23-27(24,25)17-7-5-4-6-8-17/h4-13,23H,3H2,1-2H3,(H,20,22). The molecule has 7 nitrogen and oxygen atoms in total. The van der Waals surface area contributed by atoms with Gasteiger partial charge in [0, 0.05) is 6.07 Å². The zero-order valence-corrected chi connectivity index (χ0v) is 15.8. The lowest BCUT2D eigenvalue weighted by Crippen LogP contribution is -2.14. The van der Waals surface area contributed by atoms with Crippen LogP contribution in [0.2, 0.25) is 0 Å². The molecule has 140 valence electrons. The van der Waals surface area contributed by atoms with Crippen LogP contribution >= 0.6 is 0 Å². The molecule has 27 heavy (non-hydrogen) atoms. The monoisotopic (exact) mass is 384 g/mol. The van der Waals surface area contributed by atoms with E-state index in [1.165, 1.54) is 0 Å². The zero-order valence-electron chi connectivity index (χ0n) is 15.0. The van der Waals surface area contributed by atoms with Crippen molar-refractivity contribution in [3.8, 4) is 5.75 Å². The summed E-state index contributed by atoms with van der Waals surface area (Å²) in [6.45, 7) is 4.23. The maximum atomic E-state index is 12.8. The first kappa shape index (κ1) is 18.7. The summed E-state index contributed by atoms with van der Waals surface area (Å²) in [4.78, 5) is 0.181. The number of sulfonamides is 1. The Balaban J connectivity index is 2.03. The molecule has 0 aliphatic carbocycles. The molecule has 0 radical (unpaired) electrons. The quantitative estimate of drug-likeness (QED) is 0.645. The number of nitrogens with zero attached hydrogens (tertiary/aromatic N) is 2. The van der Waals surface area contributed by atoms with Crippen molar-refractivity contribution in [3.05, 3.63) is 66.5 Å². The molecular formula is C19H20N4O3S. The molecule has 0 aliphatic heterocycles. The summed E-state index contributed by atoms with van der Waals surface area (Å²) in [5.41, 5.74) is 2.52. The van der Waals surface area contributed by atoms with Crippen molar-refractivity contribution < 1.29 is 13.2 Å². The number of aryl methyl sites for hydroxylation is 1. The highest BCUT2D eigenvalue weighted by atomic mass is 32.2. The maximum Gasteiger partial charge on any atom is 0.261 e. The highest BCUT2D eigenvalue weighted by Crippen LogP contribution is 2.35. The third kappa shape index (κ3) is 4.53. The number of nitrogens with one attached hydrogen (secondary N) is 2. The summed E-state index contributed by atoms with van der Waals surface area (Å²) in [5, 5.41) is 10.8. The lowest BCUT2D eigenvalue weighted by Gasteiger charge is -2.18. The van der Waals surface area contributed by atoms with Crippen LogP contribution in [0.15, 0.2) is 65.8 Å². The van der Waals surface area contributed by atoms with Crippen molar-refractivity contribution in [2.24, 2.45) is 0 Å². The number of hydrogen-bond donors (Lipinski definition) is 2. The van der Waals surface area contributed by atoms with E-state index in [1.54, 1.807) is 54.9 Å². The smallest absolute Gasteiger partial charge is 0.261 e. The number of ether oxygens (including phenoxy) is 1. The number of benzene rings is 2. The van der Waals surface area contributed by atoms with Crippen molar-refractivity contribution >= 4 is 27.1 Å². The Morgan fingerprint density at radius 2 is 1.85 bits per heavy atom. The molecule has 8 heteroatoms. The van der Waals surface area contributed by atoms with Gasteiger partial charge in [-0.05, 0) is 43.7 Å². The van der Waals surface area contributed by atoms with E-state index in [2.05, 4.69) is 20.2 Å². The summed E-state index contributed by atoms with van der Waals surface area (Å²) < 4.78 is 33.8. The van der Waals surface area contributed by atoms with Crippen LogP contribution in [0.5, 0.6) is 5.75 Å². The van der Waals surface area contributed by atoms with Crippen LogP contribution in [0, 0.1) is 6.92 Å². The Bertz CT molecular complexity index is 1010. The molecule has 0 bridgehead atoms. The predicted octanol–water partition coefficient (Wildman–Crippen LogP) is 3.73. The van der Waals surface area contributed by atoms with Crippen molar-refractivity contribution in [1.29, 1.82) is 0 Å². The van der Waals surface area contributed by atoms with E-state index in [1.807, 2.05) is 19.9 Å². The molecule has 2 aromatic carbocycles. The summed E-state index contributed by atoms with van der Waals surface area (Å²) in [6.07, 6.45) is 3.12. The minimum Gasteiger partial charge on any atom is -0.494 e. The van der Waals surface area contributed by atoms with Crippen LogP contribution in [-0.2, 0) is 10.0 Å². The fraction of sp³-hybridized carbons (Fsp3) is 0.158. The highest BCUT2D eigenvalue weighted by molar-refractivity contribution is 7.92. The van der Waals surface area contributed by atoms with Gasteiger partial charge in [0.25, 0.3) is 10.0 Å². The topological polar surface area (TPSA) is 93.2 Å². The predicted molar refractivity (Wildman–Crippen MR) is 105 cm³/mol. The second kappa shape index (κ2) is 8.05. The Labute approximate surface area is 158 Å². The lowest BCUT2D eigenvalue weighted by atomic mass is 10.1. The fourth-order valence-electron chi connectivity index (χ4n) is 2.56. The molecule has 3 rings (SSSR count). The van der Waals surface area contributed by atoms with Crippen LogP contribution in [0.25, 0.3) is 0 Å². The largest absolute Gasteiger partial charge is 0.494 e. The van der Waals surface area contributed by atoms with E-state index in [4.69, 9.17) is 4.74 Å². The van der Waals surface area contributed by atoms with Gasteiger partial charge < -0.3 is 10.1 Å². The lowest BCUT2D eigenvalue weighted by molar-refractivity contribution is 0.340. The Hall–Kier alpha value is -3.13. The number of hydrogen-bond acceptors (Lipinski definition) is 6. The molecule has 2 N–H and O–H groups in total. The Morgan fingerprint density at radius 3 is 2.52 bits per heavy atom. The molecule has 0 aliphatic rings. The second-order valence-electron chi connectivity index (χ2n) is 5.77. The van der Waals surface area contributed by atoms with Gasteiger partial charge >= 0.3 is 0 Å². The summed E-state index contributed by atoms with van der Waals surface area (Å²) in [5.74, 6) is 0.583. The van der Waals surface area contributed by atoms with E-state index >= 15 is 0 Å². The van der Waals surface area contributed by atoms with Crippen LogP contribution in [0.3, 0.4) is 0 Å². The van der Waals surface area contributed by atoms with Gasteiger partial charge in [-0.25, -0.2) is 8.42 Å².